The second-order valence-electron chi connectivity index (χ2n) is 4.29. The van der Waals surface area contributed by atoms with Gasteiger partial charge in [-0.3, -0.25) is 0 Å². The van der Waals surface area contributed by atoms with Gasteiger partial charge in [0, 0.05) is 23.1 Å². The number of aromatic nitrogens is 1. The van der Waals surface area contributed by atoms with Crippen LogP contribution in [0.3, 0.4) is 0 Å². The molecule has 0 bridgehead atoms. The summed E-state index contributed by atoms with van der Waals surface area (Å²) in [5, 5.41) is 18.4. The van der Waals surface area contributed by atoms with Gasteiger partial charge >= 0.3 is 5.97 Å². The Morgan fingerprint density at radius 2 is 1.84 bits per heavy atom. The van der Waals surface area contributed by atoms with Crippen molar-refractivity contribution in [3.8, 4) is 17.2 Å². The number of benzene rings is 1. The minimum absolute atomic E-state index is 0.0775. The van der Waals surface area contributed by atoms with Gasteiger partial charge in [-0.25, -0.2) is 4.79 Å². The van der Waals surface area contributed by atoms with Crippen molar-refractivity contribution in [3.63, 3.8) is 0 Å². The van der Waals surface area contributed by atoms with E-state index in [-0.39, 0.29) is 11.5 Å². The van der Waals surface area contributed by atoms with E-state index in [1.165, 1.54) is 0 Å². The Kier molecular flexibility index (Phi) is 3.46. The lowest BCUT2D eigenvalue weighted by atomic mass is 10.2. The maximum atomic E-state index is 10.4. The number of rotatable bonds is 4. The summed E-state index contributed by atoms with van der Waals surface area (Å²) in [5.41, 5.74) is 2.91. The van der Waals surface area contributed by atoms with E-state index in [9.17, 15) is 9.90 Å². The van der Waals surface area contributed by atoms with Crippen molar-refractivity contribution in [1.82, 2.24) is 4.57 Å². The molecule has 2 rings (SSSR count). The van der Waals surface area contributed by atoms with Crippen LogP contribution in [0.25, 0.3) is 5.69 Å². The zero-order valence-corrected chi connectivity index (χ0v) is 10.8. The fourth-order valence-electron chi connectivity index (χ4n) is 1.98. The molecule has 0 saturated heterocycles. The van der Waals surface area contributed by atoms with Gasteiger partial charge in [-0.05, 0) is 38.1 Å². The van der Waals surface area contributed by atoms with E-state index in [2.05, 4.69) is 0 Å². The molecule has 1 aromatic heterocycles. The Morgan fingerprint density at radius 1 is 1.21 bits per heavy atom. The first-order valence-corrected chi connectivity index (χ1v) is 5.82. The number of hydrogen-bond donors (Lipinski definition) is 2. The monoisotopic (exact) mass is 261 g/mol. The van der Waals surface area contributed by atoms with E-state index in [0.29, 0.717) is 0 Å². The number of hydrogen-bond acceptors (Lipinski definition) is 3. The fraction of sp³-hybridized carbons (Fsp3) is 0.214. The minimum Gasteiger partial charge on any atom is -0.504 e. The number of carboxylic acids is 1. The summed E-state index contributed by atoms with van der Waals surface area (Å²) in [6.07, 6.45) is 0. The van der Waals surface area contributed by atoms with Crippen molar-refractivity contribution in [2.75, 3.05) is 6.61 Å². The Labute approximate surface area is 110 Å². The third kappa shape index (κ3) is 2.70. The van der Waals surface area contributed by atoms with Gasteiger partial charge in [-0.2, -0.15) is 0 Å². The van der Waals surface area contributed by atoms with Crippen molar-refractivity contribution in [3.05, 3.63) is 41.7 Å². The number of aliphatic carboxylic acids is 1. The van der Waals surface area contributed by atoms with Gasteiger partial charge < -0.3 is 19.5 Å². The van der Waals surface area contributed by atoms with E-state index >= 15 is 0 Å². The highest BCUT2D eigenvalue weighted by atomic mass is 16.5. The lowest BCUT2D eigenvalue weighted by Gasteiger charge is -2.12. The van der Waals surface area contributed by atoms with Crippen LogP contribution in [0, 0.1) is 13.8 Å². The predicted molar refractivity (Wildman–Crippen MR) is 70.0 cm³/mol. The first-order chi connectivity index (χ1) is 8.99. The molecule has 5 nitrogen and oxygen atoms in total. The van der Waals surface area contributed by atoms with Crippen LogP contribution in [0.2, 0.25) is 0 Å². The van der Waals surface area contributed by atoms with E-state index in [4.69, 9.17) is 9.84 Å². The first-order valence-electron chi connectivity index (χ1n) is 5.82. The molecular weight excluding hydrogens is 246 g/mol. The second kappa shape index (κ2) is 5.06. The molecule has 2 N–H and O–H groups in total. The van der Waals surface area contributed by atoms with Crippen LogP contribution < -0.4 is 4.74 Å². The van der Waals surface area contributed by atoms with E-state index in [0.717, 1.165) is 17.1 Å². The highest BCUT2D eigenvalue weighted by Crippen LogP contribution is 2.29. The molecule has 19 heavy (non-hydrogen) atoms. The molecule has 0 spiro atoms. The summed E-state index contributed by atoms with van der Waals surface area (Å²) in [5.74, 6) is -1.000. The number of ether oxygens (including phenoxy) is 1. The molecule has 0 fully saturated rings. The van der Waals surface area contributed by atoms with Crippen LogP contribution in [-0.2, 0) is 4.79 Å². The summed E-state index contributed by atoms with van der Waals surface area (Å²) in [6, 6.07) is 8.86. The molecular formula is C14H15NO4. The molecule has 0 aliphatic heterocycles. The number of aryl methyl sites for hydroxylation is 2. The van der Waals surface area contributed by atoms with Gasteiger partial charge in [0.25, 0.3) is 0 Å². The number of carbonyl (C=O) groups is 1. The third-order valence-corrected chi connectivity index (χ3v) is 2.82. The van der Waals surface area contributed by atoms with Crippen molar-refractivity contribution < 1.29 is 19.7 Å². The second-order valence-corrected chi connectivity index (χ2v) is 4.29. The third-order valence-electron chi connectivity index (χ3n) is 2.82. The van der Waals surface area contributed by atoms with Gasteiger partial charge in [-0.1, -0.05) is 0 Å². The van der Waals surface area contributed by atoms with Gasteiger partial charge in [0.05, 0.1) is 0 Å². The summed E-state index contributed by atoms with van der Waals surface area (Å²) in [7, 11) is 0. The number of aromatic hydroxyl groups is 1. The maximum Gasteiger partial charge on any atom is 0.341 e. The molecule has 0 aliphatic carbocycles. The average molecular weight is 261 g/mol. The molecule has 5 heteroatoms. The summed E-state index contributed by atoms with van der Waals surface area (Å²) in [6.45, 7) is 3.46. The van der Waals surface area contributed by atoms with Crippen LogP contribution >= 0.6 is 0 Å². The van der Waals surface area contributed by atoms with Crippen LogP contribution in [-0.4, -0.2) is 27.4 Å². The minimum atomic E-state index is -1.08. The normalized spacial score (nSPS) is 10.4. The molecule has 0 atom stereocenters. The standard InChI is InChI=1S/C14H15NO4/c1-9-3-4-10(2)15(9)11-5-6-13(12(16)7-11)19-8-14(17)18/h3-7,16H,8H2,1-2H3,(H,17,18). The average Bonchev–Trinajstić information content (AvgIpc) is 2.67. The van der Waals surface area contributed by atoms with Gasteiger partial charge in [0.15, 0.2) is 18.1 Å². The zero-order valence-electron chi connectivity index (χ0n) is 10.8. The molecule has 0 aliphatic rings. The molecule has 1 heterocycles. The first kappa shape index (κ1) is 13.0. The molecule has 0 radical (unpaired) electrons. The summed E-state index contributed by atoms with van der Waals surface area (Å²) >= 11 is 0. The topological polar surface area (TPSA) is 71.7 Å². The Bertz CT molecular complexity index is 596. The van der Waals surface area contributed by atoms with Gasteiger partial charge in [0.2, 0.25) is 0 Å². The summed E-state index contributed by atoms with van der Waals surface area (Å²) in [4.78, 5) is 10.4. The van der Waals surface area contributed by atoms with Crippen molar-refractivity contribution in [1.29, 1.82) is 0 Å². The van der Waals surface area contributed by atoms with Crippen molar-refractivity contribution in [2.24, 2.45) is 0 Å². The quantitative estimate of drug-likeness (QED) is 0.885. The van der Waals surface area contributed by atoms with E-state index in [1.54, 1.807) is 18.2 Å². The summed E-state index contributed by atoms with van der Waals surface area (Å²) < 4.78 is 6.96. The number of nitrogens with zero attached hydrogens (tertiary/aromatic N) is 1. The largest absolute Gasteiger partial charge is 0.504 e. The Morgan fingerprint density at radius 3 is 2.37 bits per heavy atom. The molecule has 1 aromatic carbocycles. The van der Waals surface area contributed by atoms with Crippen LogP contribution in [0.15, 0.2) is 30.3 Å². The number of carboxylic acid groups (broad SMARTS) is 1. The molecule has 0 unspecified atom stereocenters. The number of phenolic OH excluding ortho intramolecular Hbond substituents is 1. The highest BCUT2D eigenvalue weighted by Gasteiger charge is 2.09. The molecule has 0 amide bonds. The Hall–Kier alpha value is -2.43. The predicted octanol–water partition coefficient (Wildman–Crippen LogP) is 2.26. The van der Waals surface area contributed by atoms with Gasteiger partial charge in [0.1, 0.15) is 0 Å². The van der Waals surface area contributed by atoms with Crippen LogP contribution in [0.4, 0.5) is 0 Å². The van der Waals surface area contributed by atoms with Crippen LogP contribution in [0.1, 0.15) is 11.4 Å². The van der Waals surface area contributed by atoms with Crippen LogP contribution in [0.5, 0.6) is 11.5 Å². The smallest absolute Gasteiger partial charge is 0.341 e. The lowest BCUT2D eigenvalue weighted by molar-refractivity contribution is -0.139. The van der Waals surface area contributed by atoms with Crippen molar-refractivity contribution >= 4 is 5.97 Å². The zero-order chi connectivity index (χ0) is 14.0. The SMILES string of the molecule is Cc1ccc(C)n1-c1ccc(OCC(=O)O)c(O)c1. The number of phenols is 1. The van der Waals surface area contributed by atoms with E-state index in [1.807, 2.05) is 30.5 Å². The Balaban J connectivity index is 2.31. The van der Waals surface area contributed by atoms with Gasteiger partial charge in [-0.15, -0.1) is 0 Å². The van der Waals surface area contributed by atoms with Crippen molar-refractivity contribution in [2.45, 2.75) is 13.8 Å². The highest BCUT2D eigenvalue weighted by molar-refractivity contribution is 5.68. The molecule has 100 valence electrons. The fourth-order valence-corrected chi connectivity index (χ4v) is 1.98. The maximum absolute atomic E-state index is 10.4. The molecule has 2 aromatic rings. The molecule has 0 saturated carbocycles. The lowest BCUT2D eigenvalue weighted by Crippen LogP contribution is -2.09. The van der Waals surface area contributed by atoms with E-state index < -0.39 is 12.6 Å².